The molecule has 5 rings (SSSR count). The third-order valence-electron chi connectivity index (χ3n) is 6.71. The fraction of sp³-hybridized carbons (Fsp3) is 0.259. The van der Waals surface area contributed by atoms with Gasteiger partial charge in [-0.15, -0.1) is 11.3 Å². The maximum atomic E-state index is 6.41. The third kappa shape index (κ3) is 4.38. The first-order chi connectivity index (χ1) is 15.7. The van der Waals surface area contributed by atoms with E-state index in [2.05, 4.69) is 91.4 Å². The van der Waals surface area contributed by atoms with Gasteiger partial charge >= 0.3 is 0 Å². The summed E-state index contributed by atoms with van der Waals surface area (Å²) in [6.07, 6.45) is 6.14. The second-order valence-electron chi connectivity index (χ2n) is 10.1. The van der Waals surface area contributed by atoms with Gasteiger partial charge < -0.3 is 8.83 Å². The third-order valence-corrected chi connectivity index (χ3v) is 12.1. The molecule has 0 amide bonds. The summed E-state index contributed by atoms with van der Waals surface area (Å²) >= 11 is 1.77. The zero-order valence-electron chi connectivity index (χ0n) is 19.8. The van der Waals surface area contributed by atoms with Gasteiger partial charge in [-0.3, -0.25) is 4.98 Å². The molecule has 168 valence electrons. The molecule has 0 spiro atoms. The first-order valence-corrected chi connectivity index (χ1v) is 15.0. The molecule has 0 aliphatic carbocycles. The van der Waals surface area contributed by atoms with Crippen LogP contribution in [0.2, 0.25) is 18.1 Å². The minimum Gasteiger partial charge on any atom is -0.412 e. The first-order valence-electron chi connectivity index (χ1n) is 11.3. The monoisotopic (exact) mass is 471 g/mol. The standard InChI is InChI=1S/C27H29N3OSSi/c1-27(2,3)33(4,5)31-17-23-13-22(18-32-23)20-10-11-26-29-25(16-30(26)15-20)21-12-19-8-6-7-9-24(19)28-14-21/h6-16,18H,17H2,1-5H3. The van der Waals surface area contributed by atoms with E-state index < -0.39 is 8.32 Å². The Morgan fingerprint density at radius 3 is 2.61 bits per heavy atom. The molecule has 0 radical (unpaired) electrons. The fourth-order valence-corrected chi connectivity index (χ4v) is 5.45. The maximum Gasteiger partial charge on any atom is 0.192 e. The molecule has 4 heterocycles. The molecule has 5 aromatic rings. The van der Waals surface area contributed by atoms with Crippen molar-refractivity contribution in [1.29, 1.82) is 0 Å². The van der Waals surface area contributed by atoms with Crippen LogP contribution < -0.4 is 0 Å². The van der Waals surface area contributed by atoms with Gasteiger partial charge in [0, 0.05) is 34.4 Å². The Morgan fingerprint density at radius 1 is 0.970 bits per heavy atom. The molecule has 0 saturated carbocycles. The van der Waals surface area contributed by atoms with E-state index in [1.807, 2.05) is 24.4 Å². The number of nitrogens with zero attached hydrogens (tertiary/aromatic N) is 3. The van der Waals surface area contributed by atoms with Crippen LogP contribution in [0.5, 0.6) is 0 Å². The number of thiophene rings is 1. The van der Waals surface area contributed by atoms with Gasteiger partial charge in [0.25, 0.3) is 0 Å². The molecule has 6 heteroatoms. The minimum absolute atomic E-state index is 0.220. The molecule has 0 N–H and O–H groups in total. The van der Waals surface area contributed by atoms with Crippen LogP contribution in [-0.4, -0.2) is 22.7 Å². The summed E-state index contributed by atoms with van der Waals surface area (Å²) in [6, 6.07) is 16.8. The van der Waals surface area contributed by atoms with Crippen LogP contribution in [0.4, 0.5) is 0 Å². The number of hydrogen-bond donors (Lipinski definition) is 0. The molecule has 0 bridgehead atoms. The zero-order chi connectivity index (χ0) is 23.2. The van der Waals surface area contributed by atoms with Crippen LogP contribution in [0.25, 0.3) is 38.9 Å². The van der Waals surface area contributed by atoms with Gasteiger partial charge in [0.1, 0.15) is 5.65 Å². The lowest BCUT2D eigenvalue weighted by Gasteiger charge is -2.36. The molecular weight excluding hydrogens is 442 g/mol. The van der Waals surface area contributed by atoms with Crippen molar-refractivity contribution in [2.45, 2.75) is 45.5 Å². The maximum absolute atomic E-state index is 6.41. The van der Waals surface area contributed by atoms with Gasteiger partial charge in [0.2, 0.25) is 0 Å². The van der Waals surface area contributed by atoms with E-state index >= 15 is 0 Å². The predicted molar refractivity (Wildman–Crippen MR) is 141 cm³/mol. The number of benzene rings is 1. The van der Waals surface area contributed by atoms with Crippen LogP contribution in [0.1, 0.15) is 25.6 Å². The van der Waals surface area contributed by atoms with Crippen LogP contribution in [0.3, 0.4) is 0 Å². The number of rotatable bonds is 5. The summed E-state index contributed by atoms with van der Waals surface area (Å²) in [5.41, 5.74) is 6.28. The lowest BCUT2D eigenvalue weighted by atomic mass is 10.1. The van der Waals surface area contributed by atoms with E-state index in [0.717, 1.165) is 27.8 Å². The molecular formula is C27H29N3OSSi. The van der Waals surface area contributed by atoms with Gasteiger partial charge in [0.15, 0.2) is 8.32 Å². The van der Waals surface area contributed by atoms with Crippen molar-refractivity contribution in [3.05, 3.63) is 77.4 Å². The summed E-state index contributed by atoms with van der Waals surface area (Å²) in [5, 5.41) is 3.56. The molecule has 33 heavy (non-hydrogen) atoms. The summed E-state index contributed by atoms with van der Waals surface area (Å²) in [4.78, 5) is 10.7. The van der Waals surface area contributed by atoms with E-state index in [4.69, 9.17) is 9.41 Å². The molecule has 0 aliphatic heterocycles. The molecule has 4 aromatic heterocycles. The second-order valence-corrected chi connectivity index (χ2v) is 15.9. The topological polar surface area (TPSA) is 39.4 Å². The smallest absolute Gasteiger partial charge is 0.192 e. The van der Waals surface area contributed by atoms with Crippen molar-refractivity contribution >= 4 is 36.2 Å². The van der Waals surface area contributed by atoms with Gasteiger partial charge in [-0.05, 0) is 65.0 Å². The van der Waals surface area contributed by atoms with Crippen molar-refractivity contribution in [3.63, 3.8) is 0 Å². The Balaban J connectivity index is 1.39. The molecule has 4 nitrogen and oxygen atoms in total. The van der Waals surface area contributed by atoms with Crippen LogP contribution in [-0.2, 0) is 11.0 Å². The quantitative estimate of drug-likeness (QED) is 0.245. The van der Waals surface area contributed by atoms with E-state index in [1.165, 1.54) is 16.0 Å². The number of hydrogen-bond acceptors (Lipinski definition) is 4. The average molecular weight is 472 g/mol. The number of fused-ring (bicyclic) bond motifs is 2. The van der Waals surface area contributed by atoms with Crippen LogP contribution >= 0.6 is 11.3 Å². The van der Waals surface area contributed by atoms with Crippen molar-refractivity contribution in [2.24, 2.45) is 0 Å². The molecule has 0 unspecified atom stereocenters. The Kier molecular flexibility index (Phi) is 5.47. The number of pyridine rings is 2. The van der Waals surface area contributed by atoms with E-state index in [0.29, 0.717) is 6.61 Å². The molecule has 0 atom stereocenters. The minimum atomic E-state index is -1.75. The van der Waals surface area contributed by atoms with Gasteiger partial charge in [-0.1, -0.05) is 39.0 Å². The summed E-state index contributed by atoms with van der Waals surface area (Å²) in [7, 11) is -1.75. The van der Waals surface area contributed by atoms with Crippen LogP contribution in [0.15, 0.2) is 72.5 Å². The normalized spacial score (nSPS) is 12.6. The highest BCUT2D eigenvalue weighted by atomic mass is 32.1. The lowest BCUT2D eigenvalue weighted by Crippen LogP contribution is -2.40. The Hall–Kier alpha value is -2.80. The number of imidazole rings is 1. The highest BCUT2D eigenvalue weighted by Gasteiger charge is 2.37. The summed E-state index contributed by atoms with van der Waals surface area (Å²) in [5.74, 6) is 0. The van der Waals surface area contributed by atoms with Crippen molar-refractivity contribution in [3.8, 4) is 22.4 Å². The Labute approximate surface area is 200 Å². The Morgan fingerprint density at radius 2 is 1.79 bits per heavy atom. The zero-order valence-corrected chi connectivity index (χ0v) is 21.6. The number of aromatic nitrogens is 3. The van der Waals surface area contributed by atoms with Crippen molar-refractivity contribution in [1.82, 2.24) is 14.4 Å². The number of para-hydroxylation sites is 1. The summed E-state index contributed by atoms with van der Waals surface area (Å²) in [6.45, 7) is 12.1. The highest BCUT2D eigenvalue weighted by molar-refractivity contribution is 7.10. The Bertz CT molecular complexity index is 1440. The lowest BCUT2D eigenvalue weighted by molar-refractivity contribution is 0.279. The molecule has 0 saturated heterocycles. The first kappa shape index (κ1) is 22.0. The van der Waals surface area contributed by atoms with E-state index in [-0.39, 0.29) is 5.04 Å². The van der Waals surface area contributed by atoms with Gasteiger partial charge in [-0.25, -0.2) is 4.98 Å². The predicted octanol–water partition coefficient (Wildman–Crippen LogP) is 7.80. The van der Waals surface area contributed by atoms with Crippen molar-refractivity contribution < 1.29 is 4.43 Å². The van der Waals surface area contributed by atoms with Gasteiger partial charge in [-0.2, -0.15) is 0 Å². The van der Waals surface area contributed by atoms with Crippen LogP contribution in [0, 0.1) is 0 Å². The van der Waals surface area contributed by atoms with E-state index in [9.17, 15) is 0 Å². The van der Waals surface area contributed by atoms with Gasteiger partial charge in [0.05, 0.1) is 17.8 Å². The highest BCUT2D eigenvalue weighted by Crippen LogP contribution is 2.38. The molecule has 0 aliphatic rings. The second kappa shape index (κ2) is 8.20. The largest absolute Gasteiger partial charge is 0.412 e. The SMILES string of the molecule is CC(C)(C)[Si](C)(C)OCc1cc(-c2ccc3nc(-c4cnc5ccccc5c4)cn3c2)cs1. The average Bonchev–Trinajstić information content (AvgIpc) is 3.43. The van der Waals surface area contributed by atoms with E-state index in [1.54, 1.807) is 11.3 Å². The fourth-order valence-electron chi connectivity index (χ4n) is 3.59. The summed E-state index contributed by atoms with van der Waals surface area (Å²) < 4.78 is 8.51. The van der Waals surface area contributed by atoms with Crippen molar-refractivity contribution in [2.75, 3.05) is 0 Å². The molecule has 1 aromatic carbocycles. The molecule has 0 fully saturated rings.